The van der Waals surface area contributed by atoms with Crippen LogP contribution in [0.3, 0.4) is 0 Å². The van der Waals surface area contributed by atoms with Gasteiger partial charge in [-0.2, -0.15) is 0 Å². The molecule has 4 heterocycles. The minimum Gasteiger partial charge on any atom is -0.377 e. The molecule has 0 aliphatic carbocycles. The molecule has 78 heavy (non-hydrogen) atoms. The Bertz CT molecular complexity index is 2710. The number of hydrogen-bond acceptors (Lipinski definition) is 12. The molecule has 0 spiro atoms. The van der Waals surface area contributed by atoms with Crippen LogP contribution in [0.5, 0.6) is 0 Å². The van der Waals surface area contributed by atoms with Crippen LogP contribution < -0.4 is 21.3 Å². The number of amides is 2. The number of ether oxygens (including phenoxy) is 4. The number of pyridine rings is 2. The molecule has 0 bridgehead atoms. The number of hydrogen-bond donors (Lipinski definition) is 4. The highest BCUT2D eigenvalue weighted by molar-refractivity contribution is 6.35. The van der Waals surface area contributed by atoms with Crippen molar-refractivity contribution in [2.75, 3.05) is 117 Å². The first-order chi connectivity index (χ1) is 38.0. The van der Waals surface area contributed by atoms with Crippen LogP contribution in [0.25, 0.3) is 22.3 Å². The fourth-order valence-electron chi connectivity index (χ4n) is 9.89. The van der Waals surface area contributed by atoms with E-state index in [1.165, 1.54) is 22.3 Å². The molecule has 2 atom stereocenters. The van der Waals surface area contributed by atoms with Gasteiger partial charge in [-0.15, -0.1) is 0 Å². The second-order valence-electron chi connectivity index (χ2n) is 19.7. The van der Waals surface area contributed by atoms with Crippen LogP contribution in [0, 0.1) is 0 Å². The molecule has 2 amide bonds. The molecule has 4 N–H and O–H groups in total. The zero-order valence-electron chi connectivity index (χ0n) is 44.4. The van der Waals surface area contributed by atoms with Crippen LogP contribution in [0.1, 0.15) is 70.9 Å². The molecule has 2 aliphatic heterocycles. The van der Waals surface area contributed by atoms with Gasteiger partial charge in [0.2, 0.25) is 11.8 Å². The Kier molecular flexibility index (Phi) is 22.8. The quantitative estimate of drug-likeness (QED) is 0.0331. The van der Waals surface area contributed by atoms with E-state index in [1.807, 2.05) is 36.7 Å². The predicted molar refractivity (Wildman–Crippen MR) is 313 cm³/mol. The van der Waals surface area contributed by atoms with Gasteiger partial charge in [-0.25, -0.2) is 9.97 Å². The summed E-state index contributed by atoms with van der Waals surface area (Å²) in [4.78, 5) is 38.4. The largest absolute Gasteiger partial charge is 0.377 e. The minimum absolute atomic E-state index is 0.0599. The summed E-state index contributed by atoms with van der Waals surface area (Å²) >= 11 is 26.1. The Morgan fingerprint density at radius 3 is 1.32 bits per heavy atom. The van der Waals surface area contributed by atoms with Gasteiger partial charge < -0.3 is 50.0 Å². The first-order valence-electron chi connectivity index (χ1n) is 26.7. The SMILES string of the molecule is CN1Cc2c(Cl)cc(Cl)cc2[C@H](c2cccc(-c3ccc(NCCOCCOCCNC(=O)CCCCC(=O)NCCOCCOCCNc4ccc(-c5cccc([C@@H]6CN(C)Cc7c(Cl)cc(Cl)cc76)c5)cn4)nc3)c2)C1. The standard InChI is InChI=1S/C60H70Cl4N8O6/c1-71-37-51(49-31-47(61)33-55(63)53(49)39-71)43-9-5-7-41(29-43)45-13-15-57(69-35-45)65-17-21-75-25-27-77-23-19-67-59(73)11-3-4-12-60(74)68-20-24-78-28-26-76-22-18-66-58-16-14-46(36-70-58)42-8-6-10-44(30-42)52-38-72(2)40-54-50(52)32-48(62)34-56(54)64/h5-10,13-16,29-36,51-52H,3-4,11-12,17-28,37-40H2,1-2H3,(H,65,69)(H,66,70)(H,67,73)(H,68,74)/t51-,52-/m0/s1. The maximum absolute atomic E-state index is 12.3. The number of nitrogens with zero attached hydrogens (tertiary/aromatic N) is 4. The highest BCUT2D eigenvalue weighted by atomic mass is 35.5. The molecule has 18 heteroatoms. The van der Waals surface area contributed by atoms with Gasteiger partial charge in [0, 0.05) is 121 Å². The summed E-state index contributed by atoms with van der Waals surface area (Å²) in [5.74, 6) is 1.75. The summed E-state index contributed by atoms with van der Waals surface area (Å²) in [7, 11) is 4.23. The number of unbranched alkanes of at least 4 members (excludes halogenated alkanes) is 1. The molecule has 0 unspecified atom stereocenters. The number of carbonyl (C=O) groups is 2. The average Bonchev–Trinajstić information content (AvgIpc) is 3.64. The number of nitrogens with one attached hydrogen (secondary N) is 4. The lowest BCUT2D eigenvalue weighted by Crippen LogP contribution is -2.31. The fraction of sp³-hybridized carbons (Fsp3) is 0.400. The normalized spacial score (nSPS) is 15.4. The number of rotatable bonds is 29. The van der Waals surface area contributed by atoms with Crippen LogP contribution in [0.2, 0.25) is 20.1 Å². The van der Waals surface area contributed by atoms with Crippen LogP contribution in [0.4, 0.5) is 11.6 Å². The van der Waals surface area contributed by atoms with Crippen molar-refractivity contribution in [2.24, 2.45) is 0 Å². The molecule has 0 saturated heterocycles. The van der Waals surface area contributed by atoms with Crippen molar-refractivity contribution in [1.82, 2.24) is 30.4 Å². The van der Waals surface area contributed by atoms with Crippen LogP contribution in [0.15, 0.2) is 109 Å². The maximum atomic E-state index is 12.3. The lowest BCUT2D eigenvalue weighted by molar-refractivity contribution is -0.123. The summed E-state index contributed by atoms with van der Waals surface area (Å²) < 4.78 is 22.6. The monoisotopic (exact) mass is 1140 g/mol. The summed E-state index contributed by atoms with van der Waals surface area (Å²) in [5, 5.41) is 15.1. The first kappa shape index (κ1) is 58.8. The van der Waals surface area contributed by atoms with Crippen molar-refractivity contribution in [2.45, 2.75) is 50.6 Å². The Morgan fingerprint density at radius 1 is 0.513 bits per heavy atom. The van der Waals surface area contributed by atoms with E-state index in [-0.39, 0.29) is 23.7 Å². The van der Waals surface area contributed by atoms with E-state index < -0.39 is 0 Å². The maximum Gasteiger partial charge on any atom is 0.220 e. The van der Waals surface area contributed by atoms with Gasteiger partial charge in [-0.3, -0.25) is 9.59 Å². The Hall–Kier alpha value is -5.36. The van der Waals surface area contributed by atoms with Crippen molar-refractivity contribution in [3.05, 3.63) is 163 Å². The molecule has 0 fully saturated rings. The van der Waals surface area contributed by atoms with Crippen LogP contribution in [-0.4, -0.2) is 138 Å². The first-order valence-corrected chi connectivity index (χ1v) is 28.3. The topological polar surface area (TPSA) is 151 Å². The number of fused-ring (bicyclic) bond motifs is 2. The third-order valence-electron chi connectivity index (χ3n) is 13.8. The van der Waals surface area contributed by atoms with Crippen molar-refractivity contribution in [1.29, 1.82) is 0 Å². The van der Waals surface area contributed by atoms with Gasteiger partial charge in [-0.1, -0.05) is 94.9 Å². The lowest BCUT2D eigenvalue weighted by Gasteiger charge is -2.33. The molecular weight excluding hydrogens is 1070 g/mol. The Morgan fingerprint density at radius 2 is 0.923 bits per heavy atom. The van der Waals surface area contributed by atoms with Crippen molar-refractivity contribution >= 4 is 69.9 Å². The molecule has 6 aromatic rings. The van der Waals surface area contributed by atoms with Gasteiger partial charge in [-0.05, 0) is 120 Å². The van der Waals surface area contributed by atoms with Gasteiger partial charge in [0.15, 0.2) is 0 Å². The third kappa shape index (κ3) is 17.6. The Labute approximate surface area is 478 Å². The summed E-state index contributed by atoms with van der Waals surface area (Å²) in [5.41, 5.74) is 11.3. The summed E-state index contributed by atoms with van der Waals surface area (Å²) in [6.45, 7) is 8.90. The highest BCUT2D eigenvalue weighted by Gasteiger charge is 2.29. The predicted octanol–water partition coefficient (Wildman–Crippen LogP) is 11.0. The van der Waals surface area contributed by atoms with E-state index in [9.17, 15) is 9.59 Å². The number of benzene rings is 4. The summed E-state index contributed by atoms with van der Waals surface area (Å²) in [6, 6.07) is 33.0. The van der Waals surface area contributed by atoms with Gasteiger partial charge >= 0.3 is 0 Å². The van der Waals surface area contributed by atoms with E-state index >= 15 is 0 Å². The molecule has 0 radical (unpaired) electrons. The van der Waals surface area contributed by atoms with Crippen molar-refractivity contribution in [3.8, 4) is 22.3 Å². The molecule has 2 aromatic heterocycles. The van der Waals surface area contributed by atoms with E-state index in [0.29, 0.717) is 125 Å². The van der Waals surface area contributed by atoms with Crippen LogP contribution in [-0.2, 0) is 41.6 Å². The van der Waals surface area contributed by atoms with Gasteiger partial charge in [0.1, 0.15) is 11.6 Å². The number of halogens is 4. The second-order valence-corrected chi connectivity index (χ2v) is 21.4. The van der Waals surface area contributed by atoms with Crippen LogP contribution >= 0.6 is 46.4 Å². The molecule has 8 rings (SSSR count). The minimum atomic E-state index is -0.0599. The second kappa shape index (κ2) is 30.3. The van der Waals surface area contributed by atoms with E-state index in [2.05, 4.69) is 128 Å². The van der Waals surface area contributed by atoms with E-state index in [4.69, 9.17) is 65.4 Å². The fourth-order valence-corrected chi connectivity index (χ4v) is 11.0. The zero-order chi connectivity index (χ0) is 54.6. The number of likely N-dealkylation sites (N-methyl/N-ethyl adjacent to an activating group) is 2. The molecule has 4 aromatic carbocycles. The van der Waals surface area contributed by atoms with Crippen molar-refractivity contribution < 1.29 is 28.5 Å². The van der Waals surface area contributed by atoms with Gasteiger partial charge in [0.25, 0.3) is 0 Å². The molecule has 14 nitrogen and oxygen atoms in total. The number of anilines is 2. The number of aromatic nitrogens is 2. The molecule has 2 aliphatic rings. The molecular formula is C60H70Cl4N8O6. The Balaban J connectivity index is 0.582. The molecule has 414 valence electrons. The van der Waals surface area contributed by atoms with Crippen molar-refractivity contribution in [3.63, 3.8) is 0 Å². The van der Waals surface area contributed by atoms with E-state index in [1.54, 1.807) is 0 Å². The number of carbonyl (C=O) groups excluding carboxylic acids is 2. The van der Waals surface area contributed by atoms with E-state index in [0.717, 1.165) is 71.2 Å². The smallest absolute Gasteiger partial charge is 0.220 e. The lowest BCUT2D eigenvalue weighted by atomic mass is 9.84. The van der Waals surface area contributed by atoms with Gasteiger partial charge in [0.05, 0.1) is 52.9 Å². The highest BCUT2D eigenvalue weighted by Crippen LogP contribution is 2.41. The average molecular weight is 1140 g/mol. The zero-order valence-corrected chi connectivity index (χ0v) is 47.5. The molecule has 0 saturated carbocycles. The third-order valence-corrected chi connectivity index (χ3v) is 14.9. The summed E-state index contributed by atoms with van der Waals surface area (Å²) in [6.07, 6.45) is 5.72.